The summed E-state index contributed by atoms with van der Waals surface area (Å²) in [4.78, 5) is 38.1. The van der Waals surface area contributed by atoms with Crippen LogP contribution in [0.1, 0.15) is 239 Å². The molecule has 0 saturated carbocycles. The molecule has 0 heterocycles. The highest BCUT2D eigenvalue weighted by molar-refractivity contribution is 5.71. The Labute approximate surface area is 424 Å². The lowest BCUT2D eigenvalue weighted by molar-refractivity contribution is -0.167. The van der Waals surface area contributed by atoms with E-state index in [4.69, 9.17) is 14.2 Å². The number of unbranched alkanes of at least 4 members (excludes halogenated alkanes) is 18. The van der Waals surface area contributed by atoms with E-state index in [2.05, 4.69) is 142 Å². The first kappa shape index (κ1) is 64.8. The van der Waals surface area contributed by atoms with E-state index in [-0.39, 0.29) is 44.0 Å². The molecule has 0 saturated heterocycles. The zero-order valence-corrected chi connectivity index (χ0v) is 44.5. The van der Waals surface area contributed by atoms with E-state index in [0.29, 0.717) is 12.8 Å². The van der Waals surface area contributed by atoms with Crippen molar-refractivity contribution >= 4 is 17.9 Å². The van der Waals surface area contributed by atoms with Crippen molar-refractivity contribution in [2.75, 3.05) is 13.2 Å². The van der Waals surface area contributed by atoms with Crippen molar-refractivity contribution in [3.63, 3.8) is 0 Å². The maximum Gasteiger partial charge on any atom is 0.306 e. The van der Waals surface area contributed by atoms with Crippen molar-refractivity contribution in [3.8, 4) is 0 Å². The average Bonchev–Trinajstić information content (AvgIpc) is 3.35. The molecule has 0 N–H and O–H groups in total. The molecule has 6 nitrogen and oxygen atoms in total. The van der Waals surface area contributed by atoms with Gasteiger partial charge in [0.15, 0.2) is 6.10 Å². The molecule has 0 aromatic rings. The topological polar surface area (TPSA) is 78.9 Å². The molecule has 1 atom stereocenters. The van der Waals surface area contributed by atoms with Crippen LogP contribution in [0.4, 0.5) is 0 Å². The summed E-state index contributed by atoms with van der Waals surface area (Å²) in [6.07, 6.45) is 77.5. The zero-order valence-electron chi connectivity index (χ0n) is 44.5. The second-order valence-electron chi connectivity index (χ2n) is 18.1. The van der Waals surface area contributed by atoms with Gasteiger partial charge in [0.05, 0.1) is 0 Å². The van der Waals surface area contributed by atoms with Gasteiger partial charge in [-0.15, -0.1) is 0 Å². The first-order valence-corrected chi connectivity index (χ1v) is 28.0. The first-order valence-electron chi connectivity index (χ1n) is 28.0. The van der Waals surface area contributed by atoms with Crippen molar-refractivity contribution in [3.05, 3.63) is 122 Å². The zero-order chi connectivity index (χ0) is 50.0. The standard InChI is InChI=1S/C63H102O6/c1-4-7-10-13-16-19-22-25-28-31-34-37-40-43-46-49-52-55-61(64)67-58-60(69-63(66)57-54-51-48-45-42-39-36-33-30-27-24-21-18-15-12-9-6-3)59-68-62(65)56-53-50-47-44-41-38-35-32-29-26-23-20-17-14-11-8-5-2/h9,12,16-21,25-30,34,36-37,39,43,46,60H,4-8,10-11,13-15,22-24,31-33,35,38,40-42,44-45,47-59H2,1-3H3/b12-9-,19-16-,20-17-,21-18-,28-25-,29-26-,30-27-,37-34-,39-36-,46-43-/t60-/m1/s1. The van der Waals surface area contributed by atoms with Crippen LogP contribution >= 0.6 is 0 Å². The summed E-state index contributed by atoms with van der Waals surface area (Å²) in [6.45, 7) is 6.39. The monoisotopic (exact) mass is 955 g/mol. The minimum atomic E-state index is -0.820. The van der Waals surface area contributed by atoms with Crippen LogP contribution in [0, 0.1) is 0 Å². The molecule has 0 fully saturated rings. The molecule has 390 valence electrons. The van der Waals surface area contributed by atoms with Gasteiger partial charge in [-0.1, -0.05) is 213 Å². The highest BCUT2D eigenvalue weighted by Gasteiger charge is 2.19. The van der Waals surface area contributed by atoms with E-state index in [1.165, 1.54) is 77.0 Å². The molecule has 0 spiro atoms. The maximum absolute atomic E-state index is 12.8. The van der Waals surface area contributed by atoms with E-state index >= 15 is 0 Å². The maximum atomic E-state index is 12.8. The van der Waals surface area contributed by atoms with Crippen LogP contribution in [0.5, 0.6) is 0 Å². The summed E-state index contributed by atoms with van der Waals surface area (Å²) in [6, 6.07) is 0. The number of allylic oxidation sites excluding steroid dienone is 20. The number of carbonyl (C=O) groups is 3. The van der Waals surface area contributed by atoms with Crippen molar-refractivity contribution in [1.82, 2.24) is 0 Å². The largest absolute Gasteiger partial charge is 0.462 e. The summed E-state index contributed by atoms with van der Waals surface area (Å²) in [7, 11) is 0. The van der Waals surface area contributed by atoms with E-state index < -0.39 is 6.10 Å². The summed E-state index contributed by atoms with van der Waals surface area (Å²) in [5, 5.41) is 0. The van der Waals surface area contributed by atoms with Gasteiger partial charge in [0.2, 0.25) is 0 Å². The fourth-order valence-corrected chi connectivity index (χ4v) is 7.22. The summed E-state index contributed by atoms with van der Waals surface area (Å²) in [5.74, 6) is -1.01. The molecule has 0 aliphatic heterocycles. The van der Waals surface area contributed by atoms with E-state index in [1.807, 2.05) is 0 Å². The van der Waals surface area contributed by atoms with E-state index in [0.717, 1.165) is 116 Å². The lowest BCUT2D eigenvalue weighted by atomic mass is 10.1. The van der Waals surface area contributed by atoms with Gasteiger partial charge in [0.25, 0.3) is 0 Å². The van der Waals surface area contributed by atoms with Crippen LogP contribution < -0.4 is 0 Å². The Morgan fingerprint density at radius 2 is 0.580 bits per heavy atom. The third-order valence-corrected chi connectivity index (χ3v) is 11.4. The summed E-state index contributed by atoms with van der Waals surface area (Å²) >= 11 is 0. The van der Waals surface area contributed by atoms with Crippen LogP contribution in [0.15, 0.2) is 122 Å². The Hall–Kier alpha value is -4.19. The normalized spacial score (nSPS) is 13.0. The van der Waals surface area contributed by atoms with Gasteiger partial charge in [0, 0.05) is 19.3 Å². The Kier molecular flexibility index (Phi) is 53.0. The van der Waals surface area contributed by atoms with Gasteiger partial charge >= 0.3 is 17.9 Å². The Morgan fingerprint density at radius 1 is 0.304 bits per heavy atom. The lowest BCUT2D eigenvalue weighted by Gasteiger charge is -2.18. The summed E-state index contributed by atoms with van der Waals surface area (Å²) < 4.78 is 16.8. The number of esters is 3. The van der Waals surface area contributed by atoms with Crippen LogP contribution in [0.25, 0.3) is 0 Å². The Morgan fingerprint density at radius 3 is 0.942 bits per heavy atom. The van der Waals surface area contributed by atoms with Crippen molar-refractivity contribution in [2.45, 2.75) is 245 Å². The van der Waals surface area contributed by atoms with E-state index in [1.54, 1.807) is 0 Å². The third kappa shape index (κ3) is 54.6. The minimum Gasteiger partial charge on any atom is -0.462 e. The highest BCUT2D eigenvalue weighted by atomic mass is 16.6. The fraction of sp³-hybridized carbons (Fsp3) is 0.635. The second-order valence-corrected chi connectivity index (χ2v) is 18.1. The molecule has 0 rings (SSSR count). The number of ether oxygens (including phenoxy) is 3. The van der Waals surface area contributed by atoms with Crippen molar-refractivity contribution in [1.29, 1.82) is 0 Å². The molecule has 0 amide bonds. The number of hydrogen-bond donors (Lipinski definition) is 0. The first-order chi connectivity index (χ1) is 34.0. The Bertz CT molecular complexity index is 1470. The van der Waals surface area contributed by atoms with Crippen LogP contribution in [0.3, 0.4) is 0 Å². The lowest BCUT2D eigenvalue weighted by Crippen LogP contribution is -2.30. The molecule has 0 aliphatic rings. The molecule has 0 bridgehead atoms. The number of rotatable bonds is 49. The van der Waals surface area contributed by atoms with Crippen LogP contribution in [-0.4, -0.2) is 37.2 Å². The van der Waals surface area contributed by atoms with Gasteiger partial charge in [-0.2, -0.15) is 0 Å². The molecular weight excluding hydrogens is 853 g/mol. The Balaban J connectivity index is 4.55. The van der Waals surface area contributed by atoms with Gasteiger partial charge < -0.3 is 14.2 Å². The molecule has 0 radical (unpaired) electrons. The smallest absolute Gasteiger partial charge is 0.306 e. The molecule has 0 aromatic heterocycles. The molecular formula is C63H102O6. The number of carbonyl (C=O) groups excluding carboxylic acids is 3. The van der Waals surface area contributed by atoms with E-state index in [9.17, 15) is 14.4 Å². The van der Waals surface area contributed by atoms with Gasteiger partial charge in [-0.05, 0) is 128 Å². The quantitative estimate of drug-likeness (QED) is 0.0262. The predicted octanol–water partition coefficient (Wildman–Crippen LogP) is 18.9. The van der Waals surface area contributed by atoms with Gasteiger partial charge in [-0.3, -0.25) is 14.4 Å². The molecule has 69 heavy (non-hydrogen) atoms. The molecule has 0 aromatic carbocycles. The van der Waals surface area contributed by atoms with Crippen molar-refractivity contribution < 1.29 is 28.6 Å². The second kappa shape index (κ2) is 56.4. The SMILES string of the molecule is CC/C=C\C/C=C\C/C=C\C/C=C\CCCCCCC(=O)O[C@H](COC(=O)CCC/C=C\C/C=C\C/C=C\C/C=C\CCCCC)COC(=O)CCCCCCCCC/C=C\C/C=C\CCCCC. The highest BCUT2D eigenvalue weighted by Crippen LogP contribution is 2.13. The number of hydrogen-bond acceptors (Lipinski definition) is 6. The average molecular weight is 956 g/mol. The fourth-order valence-electron chi connectivity index (χ4n) is 7.22. The summed E-state index contributed by atoms with van der Waals surface area (Å²) in [5.41, 5.74) is 0. The van der Waals surface area contributed by atoms with Crippen LogP contribution in [0.2, 0.25) is 0 Å². The molecule has 0 aliphatic carbocycles. The minimum absolute atomic E-state index is 0.112. The predicted molar refractivity (Wildman–Crippen MR) is 297 cm³/mol. The van der Waals surface area contributed by atoms with Crippen LogP contribution in [-0.2, 0) is 28.6 Å². The van der Waals surface area contributed by atoms with Gasteiger partial charge in [-0.25, -0.2) is 0 Å². The van der Waals surface area contributed by atoms with Gasteiger partial charge in [0.1, 0.15) is 13.2 Å². The molecule has 0 unspecified atom stereocenters. The van der Waals surface area contributed by atoms with Crippen molar-refractivity contribution in [2.24, 2.45) is 0 Å². The third-order valence-electron chi connectivity index (χ3n) is 11.4. The molecule has 6 heteroatoms.